The summed E-state index contributed by atoms with van der Waals surface area (Å²) in [5.74, 6) is 2.82. The molecule has 110 valence electrons. The number of aromatic nitrogens is 3. The molecule has 0 aromatic carbocycles. The standard InChI is InChI=1S/C14H22ClN5/c1-10-7-11(2)9-20(8-10)14-17-12(15)16-13(18-14)19-5-3-4-6-19/h10-11H,3-9H2,1-2H3. The molecule has 2 unspecified atom stereocenters. The highest BCUT2D eigenvalue weighted by atomic mass is 35.5. The summed E-state index contributed by atoms with van der Waals surface area (Å²) in [6, 6.07) is 0. The predicted octanol–water partition coefficient (Wildman–Crippen LogP) is 2.61. The molecule has 0 N–H and O–H groups in total. The lowest BCUT2D eigenvalue weighted by Crippen LogP contribution is -2.40. The molecule has 1 aromatic heterocycles. The molecule has 2 aliphatic heterocycles. The molecule has 0 saturated carbocycles. The van der Waals surface area contributed by atoms with Gasteiger partial charge in [-0.2, -0.15) is 15.0 Å². The minimum absolute atomic E-state index is 0.308. The van der Waals surface area contributed by atoms with E-state index in [1.54, 1.807) is 0 Å². The quantitative estimate of drug-likeness (QED) is 0.839. The Hall–Kier alpha value is -1.10. The fourth-order valence-corrected chi connectivity index (χ4v) is 3.51. The van der Waals surface area contributed by atoms with Crippen LogP contribution in [0, 0.1) is 11.8 Å². The van der Waals surface area contributed by atoms with Crippen LogP contribution in [-0.4, -0.2) is 41.1 Å². The first-order valence-corrected chi connectivity index (χ1v) is 7.91. The van der Waals surface area contributed by atoms with Gasteiger partial charge in [-0.15, -0.1) is 0 Å². The van der Waals surface area contributed by atoms with E-state index in [1.807, 2.05) is 0 Å². The monoisotopic (exact) mass is 295 g/mol. The molecule has 0 spiro atoms. The van der Waals surface area contributed by atoms with Crippen molar-refractivity contribution in [1.29, 1.82) is 0 Å². The van der Waals surface area contributed by atoms with Crippen LogP contribution in [0.1, 0.15) is 33.1 Å². The van der Waals surface area contributed by atoms with Gasteiger partial charge < -0.3 is 9.80 Å². The first-order valence-electron chi connectivity index (χ1n) is 7.53. The molecule has 0 radical (unpaired) electrons. The molecule has 20 heavy (non-hydrogen) atoms. The van der Waals surface area contributed by atoms with Crippen LogP contribution in [0.15, 0.2) is 0 Å². The molecule has 6 heteroatoms. The zero-order valence-corrected chi connectivity index (χ0v) is 13.0. The van der Waals surface area contributed by atoms with E-state index in [9.17, 15) is 0 Å². The van der Waals surface area contributed by atoms with Crippen LogP contribution < -0.4 is 9.80 Å². The van der Waals surface area contributed by atoms with Crippen LogP contribution in [-0.2, 0) is 0 Å². The smallest absolute Gasteiger partial charge is 0.231 e. The van der Waals surface area contributed by atoms with Gasteiger partial charge in [0, 0.05) is 26.2 Å². The van der Waals surface area contributed by atoms with Gasteiger partial charge in [-0.05, 0) is 42.7 Å². The first kappa shape index (κ1) is 13.9. The molecule has 2 saturated heterocycles. The fourth-order valence-electron chi connectivity index (χ4n) is 3.36. The van der Waals surface area contributed by atoms with E-state index >= 15 is 0 Å². The molecule has 5 nitrogen and oxygen atoms in total. The van der Waals surface area contributed by atoms with Gasteiger partial charge in [0.1, 0.15) is 0 Å². The number of hydrogen-bond donors (Lipinski definition) is 0. The van der Waals surface area contributed by atoms with Gasteiger partial charge in [-0.3, -0.25) is 0 Å². The van der Waals surface area contributed by atoms with E-state index in [0.717, 1.165) is 38.1 Å². The molecule has 2 aliphatic rings. The highest BCUT2D eigenvalue weighted by Gasteiger charge is 2.25. The SMILES string of the molecule is CC1CC(C)CN(c2nc(Cl)nc(N3CCCC3)n2)C1. The Kier molecular flexibility index (Phi) is 3.96. The first-order chi connectivity index (χ1) is 9.61. The summed E-state index contributed by atoms with van der Waals surface area (Å²) in [7, 11) is 0. The molecule has 3 rings (SSSR count). The molecule has 2 atom stereocenters. The molecule has 2 fully saturated rings. The summed E-state index contributed by atoms with van der Waals surface area (Å²) in [5, 5.41) is 0.308. The maximum atomic E-state index is 6.10. The summed E-state index contributed by atoms with van der Waals surface area (Å²) >= 11 is 6.10. The predicted molar refractivity (Wildman–Crippen MR) is 81.4 cm³/mol. The molecule has 1 aromatic rings. The average Bonchev–Trinajstić information content (AvgIpc) is 2.90. The molecule has 0 bridgehead atoms. The van der Waals surface area contributed by atoms with Crippen molar-refractivity contribution in [3.8, 4) is 0 Å². The number of rotatable bonds is 2. The van der Waals surface area contributed by atoms with Crippen molar-refractivity contribution in [3.05, 3.63) is 5.28 Å². The summed E-state index contributed by atoms with van der Waals surface area (Å²) in [5.41, 5.74) is 0. The lowest BCUT2D eigenvalue weighted by molar-refractivity contribution is 0.353. The number of halogens is 1. The van der Waals surface area contributed by atoms with E-state index in [0.29, 0.717) is 17.1 Å². The highest BCUT2D eigenvalue weighted by Crippen LogP contribution is 2.26. The largest absolute Gasteiger partial charge is 0.341 e. The minimum atomic E-state index is 0.308. The molecular formula is C14H22ClN5. The Balaban J connectivity index is 1.85. The molecule has 0 aliphatic carbocycles. The van der Waals surface area contributed by atoms with Gasteiger partial charge in [0.25, 0.3) is 0 Å². The van der Waals surface area contributed by atoms with Gasteiger partial charge in [-0.1, -0.05) is 13.8 Å². The number of hydrogen-bond acceptors (Lipinski definition) is 5. The maximum Gasteiger partial charge on any atom is 0.231 e. The van der Waals surface area contributed by atoms with Crippen LogP contribution in [0.25, 0.3) is 0 Å². The lowest BCUT2D eigenvalue weighted by atomic mass is 9.92. The van der Waals surface area contributed by atoms with Gasteiger partial charge in [0.15, 0.2) is 0 Å². The highest BCUT2D eigenvalue weighted by molar-refractivity contribution is 6.28. The number of piperidine rings is 1. The molecular weight excluding hydrogens is 274 g/mol. The molecule has 0 amide bonds. The maximum absolute atomic E-state index is 6.10. The minimum Gasteiger partial charge on any atom is -0.341 e. The normalized spacial score (nSPS) is 27.1. The topological polar surface area (TPSA) is 45.2 Å². The second kappa shape index (κ2) is 5.72. The van der Waals surface area contributed by atoms with Crippen molar-refractivity contribution in [2.45, 2.75) is 33.1 Å². The third-order valence-corrected chi connectivity index (χ3v) is 4.29. The Morgan fingerprint density at radius 2 is 1.45 bits per heavy atom. The zero-order chi connectivity index (χ0) is 14.1. The van der Waals surface area contributed by atoms with Crippen LogP contribution >= 0.6 is 11.6 Å². The van der Waals surface area contributed by atoms with Crippen molar-refractivity contribution in [1.82, 2.24) is 15.0 Å². The third kappa shape index (κ3) is 2.97. The Morgan fingerprint density at radius 3 is 2.05 bits per heavy atom. The van der Waals surface area contributed by atoms with E-state index in [2.05, 4.69) is 38.6 Å². The molecule has 3 heterocycles. The van der Waals surface area contributed by atoms with Gasteiger partial charge in [-0.25, -0.2) is 0 Å². The van der Waals surface area contributed by atoms with E-state index < -0.39 is 0 Å². The summed E-state index contributed by atoms with van der Waals surface area (Å²) in [6.45, 7) is 8.62. The van der Waals surface area contributed by atoms with Crippen molar-refractivity contribution in [2.75, 3.05) is 36.0 Å². The Bertz CT molecular complexity index is 465. The van der Waals surface area contributed by atoms with Crippen molar-refractivity contribution in [3.63, 3.8) is 0 Å². The van der Waals surface area contributed by atoms with E-state index in [-0.39, 0.29) is 0 Å². The summed E-state index contributed by atoms with van der Waals surface area (Å²) < 4.78 is 0. The van der Waals surface area contributed by atoms with Crippen LogP contribution in [0.2, 0.25) is 5.28 Å². The van der Waals surface area contributed by atoms with Gasteiger partial charge in [0.05, 0.1) is 0 Å². The lowest BCUT2D eigenvalue weighted by Gasteiger charge is -2.35. The summed E-state index contributed by atoms with van der Waals surface area (Å²) in [6.07, 6.45) is 3.68. The van der Waals surface area contributed by atoms with Crippen LogP contribution in [0.4, 0.5) is 11.9 Å². The van der Waals surface area contributed by atoms with Crippen molar-refractivity contribution < 1.29 is 0 Å². The van der Waals surface area contributed by atoms with Crippen molar-refractivity contribution >= 4 is 23.5 Å². The Morgan fingerprint density at radius 1 is 0.900 bits per heavy atom. The van der Waals surface area contributed by atoms with E-state index in [1.165, 1.54) is 19.3 Å². The number of nitrogens with zero attached hydrogens (tertiary/aromatic N) is 5. The third-order valence-electron chi connectivity index (χ3n) is 4.13. The fraction of sp³-hybridized carbons (Fsp3) is 0.786. The Labute approximate surface area is 125 Å². The second-order valence-electron chi connectivity index (χ2n) is 6.25. The van der Waals surface area contributed by atoms with Gasteiger partial charge in [0.2, 0.25) is 17.2 Å². The summed E-state index contributed by atoms with van der Waals surface area (Å²) in [4.78, 5) is 17.7. The van der Waals surface area contributed by atoms with Crippen molar-refractivity contribution in [2.24, 2.45) is 11.8 Å². The zero-order valence-electron chi connectivity index (χ0n) is 12.2. The average molecular weight is 296 g/mol. The number of anilines is 2. The van der Waals surface area contributed by atoms with E-state index in [4.69, 9.17) is 11.6 Å². The van der Waals surface area contributed by atoms with Gasteiger partial charge >= 0.3 is 0 Å². The van der Waals surface area contributed by atoms with Crippen LogP contribution in [0.5, 0.6) is 0 Å². The second-order valence-corrected chi connectivity index (χ2v) is 6.59. The van der Waals surface area contributed by atoms with Crippen LogP contribution in [0.3, 0.4) is 0 Å².